The Balaban J connectivity index is 0.917. The van der Waals surface area contributed by atoms with Gasteiger partial charge in [-0.25, -0.2) is 0 Å². The first-order valence-corrected chi connectivity index (χ1v) is 23.1. The number of benzene rings is 12. The monoisotopic (exact) mass is 838 g/mol. The van der Waals surface area contributed by atoms with Crippen molar-refractivity contribution in [1.82, 2.24) is 0 Å². The number of furan rings is 1. The van der Waals surface area contributed by atoms with Crippen LogP contribution in [0.3, 0.4) is 0 Å². The van der Waals surface area contributed by atoms with E-state index in [-0.39, 0.29) is 5.41 Å². The van der Waals surface area contributed by atoms with Crippen LogP contribution >= 0.6 is 0 Å². The second-order valence-electron chi connectivity index (χ2n) is 18.8. The van der Waals surface area contributed by atoms with Gasteiger partial charge in [0.15, 0.2) is 0 Å². The van der Waals surface area contributed by atoms with E-state index in [4.69, 9.17) is 4.42 Å². The molecule has 0 saturated carbocycles. The molecule has 1 heteroatoms. The smallest absolute Gasteiger partial charge is 0.135 e. The number of rotatable bonds is 4. The fourth-order valence-corrected chi connectivity index (χ4v) is 11.6. The number of hydrogen-bond donors (Lipinski definition) is 0. The van der Waals surface area contributed by atoms with Crippen LogP contribution in [0.1, 0.15) is 25.0 Å². The van der Waals surface area contributed by atoms with E-state index in [1.807, 2.05) is 0 Å². The minimum absolute atomic E-state index is 0.0713. The van der Waals surface area contributed by atoms with E-state index in [1.54, 1.807) is 0 Å². The molecule has 1 aliphatic carbocycles. The lowest BCUT2D eigenvalue weighted by molar-refractivity contribution is 0.661. The summed E-state index contributed by atoms with van der Waals surface area (Å²) in [5.41, 5.74) is 16.9. The molecule has 12 aromatic carbocycles. The summed E-state index contributed by atoms with van der Waals surface area (Å²) in [5, 5.41) is 14.8. The van der Waals surface area contributed by atoms with Crippen LogP contribution in [0, 0.1) is 0 Å². The van der Waals surface area contributed by atoms with Crippen LogP contribution in [-0.2, 0) is 5.41 Å². The van der Waals surface area contributed by atoms with Crippen molar-refractivity contribution in [1.29, 1.82) is 0 Å². The molecular formula is C65H42O. The molecular weight excluding hydrogens is 797 g/mol. The normalized spacial score (nSPS) is 13.1. The molecule has 0 saturated heterocycles. The van der Waals surface area contributed by atoms with Crippen molar-refractivity contribution in [2.45, 2.75) is 19.3 Å². The predicted molar refractivity (Wildman–Crippen MR) is 281 cm³/mol. The fraction of sp³-hybridized carbons (Fsp3) is 0.0462. The highest BCUT2D eigenvalue weighted by atomic mass is 16.3. The summed E-state index contributed by atoms with van der Waals surface area (Å²) in [4.78, 5) is 0. The van der Waals surface area contributed by atoms with Gasteiger partial charge in [-0.05, 0) is 175 Å². The van der Waals surface area contributed by atoms with Crippen LogP contribution in [0.25, 0.3) is 131 Å². The van der Waals surface area contributed by atoms with Crippen molar-refractivity contribution in [3.05, 3.63) is 230 Å². The number of fused-ring (bicyclic) bond motifs is 12. The van der Waals surface area contributed by atoms with Gasteiger partial charge in [-0.1, -0.05) is 178 Å². The van der Waals surface area contributed by atoms with Gasteiger partial charge in [0, 0.05) is 16.2 Å². The summed E-state index contributed by atoms with van der Waals surface area (Å²) in [6, 6.07) is 81.0. The predicted octanol–water partition coefficient (Wildman–Crippen LogP) is 18.3. The molecule has 0 spiro atoms. The molecule has 0 amide bonds. The van der Waals surface area contributed by atoms with Crippen molar-refractivity contribution >= 4 is 75.8 Å². The van der Waals surface area contributed by atoms with Crippen molar-refractivity contribution in [2.75, 3.05) is 0 Å². The molecule has 0 radical (unpaired) electrons. The molecule has 1 aliphatic rings. The van der Waals surface area contributed by atoms with Gasteiger partial charge in [-0.15, -0.1) is 0 Å². The van der Waals surface area contributed by atoms with Gasteiger partial charge < -0.3 is 4.42 Å². The third-order valence-corrected chi connectivity index (χ3v) is 14.8. The summed E-state index contributed by atoms with van der Waals surface area (Å²) < 4.78 is 6.57. The molecule has 0 fully saturated rings. The zero-order valence-electron chi connectivity index (χ0n) is 36.7. The molecule has 1 heterocycles. The average Bonchev–Trinajstić information content (AvgIpc) is 3.84. The van der Waals surface area contributed by atoms with Crippen LogP contribution < -0.4 is 0 Å². The molecule has 14 rings (SSSR count). The maximum atomic E-state index is 6.57. The van der Waals surface area contributed by atoms with Crippen LogP contribution in [0.5, 0.6) is 0 Å². The summed E-state index contributed by atoms with van der Waals surface area (Å²) in [6.45, 7) is 4.72. The summed E-state index contributed by atoms with van der Waals surface area (Å²) >= 11 is 0. The van der Waals surface area contributed by atoms with E-state index in [0.29, 0.717) is 0 Å². The molecule has 0 atom stereocenters. The maximum absolute atomic E-state index is 6.57. The molecule has 0 bridgehead atoms. The average molecular weight is 839 g/mol. The van der Waals surface area contributed by atoms with Crippen LogP contribution in [0.4, 0.5) is 0 Å². The van der Waals surface area contributed by atoms with Crippen molar-refractivity contribution in [3.63, 3.8) is 0 Å². The Morgan fingerprint density at radius 2 is 0.742 bits per heavy atom. The second-order valence-corrected chi connectivity index (χ2v) is 18.8. The summed E-state index contributed by atoms with van der Waals surface area (Å²) in [7, 11) is 0. The van der Waals surface area contributed by atoms with Crippen molar-refractivity contribution < 1.29 is 4.42 Å². The third kappa shape index (κ3) is 5.41. The Bertz CT molecular complexity index is 4140. The van der Waals surface area contributed by atoms with Gasteiger partial charge in [-0.3, -0.25) is 0 Å². The van der Waals surface area contributed by atoms with Gasteiger partial charge >= 0.3 is 0 Å². The summed E-state index contributed by atoms with van der Waals surface area (Å²) in [5.74, 6) is 0. The minimum Gasteiger partial charge on any atom is -0.456 e. The fourth-order valence-electron chi connectivity index (χ4n) is 11.6. The molecule has 0 N–H and O–H groups in total. The molecule has 13 aromatic rings. The standard InChI is InChI=1S/C65H42O/c1-65(2)59-29-26-41(34-55(59)56-33-39-14-3-4-15-40(39)38-60(56)65)42-27-30-61-57(35-42)58-37-46(28-31-62(58)66-61)64-52-24-11-9-22-50(52)63(51-23-10-12-25-53(51)64)45-18-13-17-43(32-45)54-36-44-16-5-6-19-47(44)48-20-7-8-21-49(48)54/h3-38H,1-2H3. The first kappa shape index (κ1) is 37.1. The largest absolute Gasteiger partial charge is 0.456 e. The summed E-state index contributed by atoms with van der Waals surface area (Å²) in [6.07, 6.45) is 0. The van der Waals surface area contributed by atoms with Crippen molar-refractivity contribution in [3.8, 4) is 55.6 Å². The molecule has 0 aliphatic heterocycles. The number of hydrogen-bond acceptors (Lipinski definition) is 1. The van der Waals surface area contributed by atoms with Crippen LogP contribution in [-0.4, -0.2) is 0 Å². The van der Waals surface area contributed by atoms with E-state index in [9.17, 15) is 0 Å². The SMILES string of the molecule is CC1(C)c2ccc(-c3ccc4oc5ccc(-c6c7ccccc7c(-c7cccc(-c8cc9ccccc9c9ccccc89)c7)c7ccccc67)cc5c4c3)cc2-c2cc3ccccc3cc21. The zero-order chi connectivity index (χ0) is 43.7. The maximum Gasteiger partial charge on any atom is 0.135 e. The first-order chi connectivity index (χ1) is 32.5. The second kappa shape index (κ2) is 13.9. The Morgan fingerprint density at radius 1 is 0.273 bits per heavy atom. The quantitative estimate of drug-likeness (QED) is 0.127. The molecule has 1 nitrogen and oxygen atoms in total. The van der Waals surface area contributed by atoms with E-state index >= 15 is 0 Å². The topological polar surface area (TPSA) is 13.1 Å². The Hall–Kier alpha value is -8.26. The van der Waals surface area contributed by atoms with Crippen LogP contribution in [0.2, 0.25) is 0 Å². The molecule has 0 unspecified atom stereocenters. The molecule has 308 valence electrons. The van der Waals surface area contributed by atoms with E-state index in [1.165, 1.54) is 121 Å². The highest BCUT2D eigenvalue weighted by Gasteiger charge is 2.36. The van der Waals surface area contributed by atoms with Gasteiger partial charge in [0.05, 0.1) is 0 Å². The first-order valence-electron chi connectivity index (χ1n) is 23.1. The zero-order valence-corrected chi connectivity index (χ0v) is 36.7. The lowest BCUT2D eigenvalue weighted by Crippen LogP contribution is -2.14. The Morgan fingerprint density at radius 3 is 1.42 bits per heavy atom. The lowest BCUT2D eigenvalue weighted by atomic mass is 9.81. The van der Waals surface area contributed by atoms with E-state index in [0.717, 1.165) is 21.9 Å². The van der Waals surface area contributed by atoms with Gasteiger partial charge in [0.2, 0.25) is 0 Å². The third-order valence-electron chi connectivity index (χ3n) is 14.8. The molecule has 1 aromatic heterocycles. The van der Waals surface area contributed by atoms with Crippen molar-refractivity contribution in [2.24, 2.45) is 0 Å². The lowest BCUT2D eigenvalue weighted by Gasteiger charge is -2.22. The highest BCUT2D eigenvalue weighted by molar-refractivity contribution is 6.23. The van der Waals surface area contributed by atoms with Gasteiger partial charge in [0.25, 0.3) is 0 Å². The Kier molecular flexibility index (Phi) is 7.81. The Labute approximate surface area is 382 Å². The molecule has 66 heavy (non-hydrogen) atoms. The van der Waals surface area contributed by atoms with Gasteiger partial charge in [-0.2, -0.15) is 0 Å². The highest BCUT2D eigenvalue weighted by Crippen LogP contribution is 2.51. The van der Waals surface area contributed by atoms with E-state index in [2.05, 4.69) is 232 Å². The van der Waals surface area contributed by atoms with E-state index < -0.39 is 0 Å². The minimum atomic E-state index is -0.0713. The van der Waals surface area contributed by atoms with Gasteiger partial charge in [0.1, 0.15) is 11.2 Å². The van der Waals surface area contributed by atoms with Crippen LogP contribution in [0.15, 0.2) is 223 Å².